The Balaban J connectivity index is 2.35. The number of methoxy groups -OCH3 is 1. The number of aromatic nitrogens is 1. The molecule has 0 spiro atoms. The summed E-state index contributed by atoms with van der Waals surface area (Å²) in [5.41, 5.74) is 1.76. The van der Waals surface area contributed by atoms with Crippen LogP contribution < -0.4 is 9.64 Å². The zero-order chi connectivity index (χ0) is 14.0. The van der Waals surface area contributed by atoms with Gasteiger partial charge in [0.15, 0.2) is 10.9 Å². The van der Waals surface area contributed by atoms with Crippen molar-refractivity contribution in [3.05, 3.63) is 34.8 Å². The second-order valence-corrected chi connectivity index (χ2v) is 5.21. The molecule has 0 radical (unpaired) electrons. The van der Waals surface area contributed by atoms with Gasteiger partial charge in [-0.3, -0.25) is 4.79 Å². The van der Waals surface area contributed by atoms with Gasteiger partial charge in [0.05, 0.1) is 17.7 Å². The number of Topliss-reactive ketones (excluding diaryl/α,β-unsaturated/α-hetero) is 1. The van der Waals surface area contributed by atoms with E-state index in [4.69, 9.17) is 4.74 Å². The molecular weight excluding hydrogens is 260 g/mol. The number of hydrogen-bond donors (Lipinski definition) is 0. The summed E-state index contributed by atoms with van der Waals surface area (Å²) in [5.74, 6) is 0.852. The fourth-order valence-electron chi connectivity index (χ4n) is 1.78. The second-order valence-electron chi connectivity index (χ2n) is 4.23. The highest BCUT2D eigenvalue weighted by molar-refractivity contribution is 7.17. The normalized spacial score (nSPS) is 10.3. The minimum absolute atomic E-state index is 0.0558. The van der Waals surface area contributed by atoms with E-state index in [-0.39, 0.29) is 5.78 Å². The van der Waals surface area contributed by atoms with Crippen molar-refractivity contribution >= 4 is 27.9 Å². The molecule has 0 bridgehead atoms. The quantitative estimate of drug-likeness (QED) is 0.802. The first-order chi connectivity index (χ1) is 9.02. The number of benzene rings is 1. The van der Waals surface area contributed by atoms with Gasteiger partial charge in [0, 0.05) is 25.7 Å². The van der Waals surface area contributed by atoms with Crippen molar-refractivity contribution in [3.63, 3.8) is 0 Å². The van der Waals surface area contributed by atoms with Crippen molar-refractivity contribution in [1.29, 1.82) is 0 Å². The maximum Gasteiger partial charge on any atom is 0.190 e. The Morgan fingerprint density at radius 1 is 1.42 bits per heavy atom. The zero-order valence-electron chi connectivity index (χ0n) is 11.4. The first-order valence-corrected chi connectivity index (χ1v) is 6.70. The van der Waals surface area contributed by atoms with Crippen LogP contribution in [0.3, 0.4) is 0 Å². The number of ether oxygens (including phenoxy) is 1. The molecule has 0 aliphatic carbocycles. The van der Waals surface area contributed by atoms with Gasteiger partial charge >= 0.3 is 0 Å². The van der Waals surface area contributed by atoms with Crippen LogP contribution in [-0.4, -0.2) is 24.9 Å². The van der Waals surface area contributed by atoms with Crippen molar-refractivity contribution in [1.82, 2.24) is 4.98 Å². The molecule has 4 nitrogen and oxygen atoms in total. The molecule has 19 heavy (non-hydrogen) atoms. The minimum atomic E-state index is 0.0558. The highest BCUT2D eigenvalue weighted by Crippen LogP contribution is 2.31. The van der Waals surface area contributed by atoms with Crippen LogP contribution in [0.15, 0.2) is 24.3 Å². The number of nitrogens with zero attached hydrogens (tertiary/aromatic N) is 2. The molecule has 0 amide bonds. The Labute approximate surface area is 116 Å². The number of rotatable bonds is 4. The molecule has 0 aliphatic heterocycles. The van der Waals surface area contributed by atoms with Crippen LogP contribution in [0.25, 0.3) is 0 Å². The smallest absolute Gasteiger partial charge is 0.190 e. The zero-order valence-corrected chi connectivity index (χ0v) is 12.2. The van der Waals surface area contributed by atoms with Crippen molar-refractivity contribution in [2.75, 3.05) is 19.1 Å². The van der Waals surface area contributed by atoms with E-state index in [9.17, 15) is 4.79 Å². The van der Waals surface area contributed by atoms with Crippen molar-refractivity contribution in [3.8, 4) is 5.75 Å². The highest BCUT2D eigenvalue weighted by Gasteiger charge is 2.15. The topological polar surface area (TPSA) is 42.4 Å². The molecular formula is C14H16N2O2S. The number of hydrogen-bond acceptors (Lipinski definition) is 5. The van der Waals surface area contributed by atoms with Crippen LogP contribution in [0, 0.1) is 6.92 Å². The summed E-state index contributed by atoms with van der Waals surface area (Å²) in [6, 6.07) is 7.74. The first kappa shape index (κ1) is 13.5. The number of aryl methyl sites for hydroxylation is 1. The van der Waals surface area contributed by atoms with Crippen LogP contribution in [0.5, 0.6) is 5.75 Å². The van der Waals surface area contributed by atoms with Gasteiger partial charge in [0.25, 0.3) is 0 Å². The van der Waals surface area contributed by atoms with Gasteiger partial charge in [0.2, 0.25) is 0 Å². The molecule has 0 N–H and O–H groups in total. The second kappa shape index (κ2) is 5.40. The maximum atomic E-state index is 11.5. The molecule has 0 unspecified atom stereocenters. The Bertz CT molecular complexity index is 607. The van der Waals surface area contributed by atoms with Crippen molar-refractivity contribution in [2.45, 2.75) is 13.8 Å². The van der Waals surface area contributed by atoms with Crippen LogP contribution in [-0.2, 0) is 0 Å². The van der Waals surface area contributed by atoms with Crippen LogP contribution in [0.2, 0.25) is 0 Å². The summed E-state index contributed by atoms with van der Waals surface area (Å²) in [6.07, 6.45) is 0. The van der Waals surface area contributed by atoms with E-state index in [0.717, 1.165) is 22.3 Å². The fourth-order valence-corrected chi connectivity index (χ4v) is 2.73. The lowest BCUT2D eigenvalue weighted by Crippen LogP contribution is -2.08. The Morgan fingerprint density at radius 3 is 2.74 bits per heavy atom. The molecule has 5 heteroatoms. The van der Waals surface area contributed by atoms with Gasteiger partial charge in [-0.2, -0.15) is 0 Å². The lowest BCUT2D eigenvalue weighted by atomic mass is 10.3. The van der Waals surface area contributed by atoms with Crippen molar-refractivity contribution in [2.24, 2.45) is 0 Å². The summed E-state index contributed by atoms with van der Waals surface area (Å²) < 4.78 is 5.21. The van der Waals surface area contributed by atoms with Gasteiger partial charge in [-0.25, -0.2) is 4.98 Å². The van der Waals surface area contributed by atoms with Gasteiger partial charge < -0.3 is 9.64 Å². The predicted octanol–water partition coefficient (Wildman–Crippen LogP) is 3.43. The third kappa shape index (κ3) is 2.76. The highest BCUT2D eigenvalue weighted by atomic mass is 32.1. The Hall–Kier alpha value is -1.88. The average molecular weight is 276 g/mol. The molecule has 0 fully saturated rings. The standard InChI is InChI=1S/C14H16N2O2S/c1-9-13(10(2)17)19-14(15-9)16(3)11-6-5-7-12(8-11)18-4/h5-8H,1-4H3. The predicted molar refractivity (Wildman–Crippen MR) is 77.9 cm³/mol. The van der Waals surface area contributed by atoms with E-state index in [1.165, 1.54) is 11.3 Å². The van der Waals surface area contributed by atoms with Crippen LogP contribution >= 0.6 is 11.3 Å². The Kier molecular flexibility index (Phi) is 3.85. The molecule has 2 aromatic rings. The average Bonchev–Trinajstić information content (AvgIpc) is 2.80. The molecule has 1 heterocycles. The third-order valence-electron chi connectivity index (χ3n) is 2.83. The SMILES string of the molecule is COc1cccc(N(C)c2nc(C)c(C(C)=O)s2)c1. The van der Waals surface area contributed by atoms with Gasteiger partial charge in [-0.05, 0) is 19.1 Å². The van der Waals surface area contributed by atoms with E-state index in [1.54, 1.807) is 14.0 Å². The van der Waals surface area contributed by atoms with Crippen LogP contribution in [0.4, 0.5) is 10.8 Å². The number of ketones is 1. The summed E-state index contributed by atoms with van der Waals surface area (Å²) in [5, 5.41) is 0.802. The molecule has 2 rings (SSSR count). The Morgan fingerprint density at radius 2 is 2.16 bits per heavy atom. The van der Waals surface area contributed by atoms with E-state index >= 15 is 0 Å². The first-order valence-electron chi connectivity index (χ1n) is 5.89. The molecule has 1 aromatic heterocycles. The molecule has 0 saturated heterocycles. The number of thiazole rings is 1. The largest absolute Gasteiger partial charge is 0.497 e. The lowest BCUT2D eigenvalue weighted by Gasteiger charge is -2.16. The third-order valence-corrected chi connectivity index (χ3v) is 4.17. The summed E-state index contributed by atoms with van der Waals surface area (Å²) in [6.45, 7) is 3.42. The van der Waals surface area contributed by atoms with E-state index in [1.807, 2.05) is 43.1 Å². The number of carbonyl (C=O) groups is 1. The molecule has 0 atom stereocenters. The lowest BCUT2D eigenvalue weighted by molar-refractivity contribution is 0.102. The summed E-state index contributed by atoms with van der Waals surface area (Å²) >= 11 is 1.41. The minimum Gasteiger partial charge on any atom is -0.497 e. The van der Waals surface area contributed by atoms with E-state index < -0.39 is 0 Å². The van der Waals surface area contributed by atoms with Gasteiger partial charge in [-0.15, -0.1) is 0 Å². The monoisotopic (exact) mass is 276 g/mol. The van der Waals surface area contributed by atoms with E-state index in [2.05, 4.69) is 4.98 Å². The molecule has 1 aromatic carbocycles. The molecule has 0 saturated carbocycles. The van der Waals surface area contributed by atoms with E-state index in [0.29, 0.717) is 4.88 Å². The number of carbonyl (C=O) groups excluding carboxylic acids is 1. The summed E-state index contributed by atoms with van der Waals surface area (Å²) in [4.78, 5) is 18.6. The van der Waals surface area contributed by atoms with Gasteiger partial charge in [0.1, 0.15) is 5.75 Å². The van der Waals surface area contributed by atoms with Crippen molar-refractivity contribution < 1.29 is 9.53 Å². The van der Waals surface area contributed by atoms with Crippen LogP contribution in [0.1, 0.15) is 22.3 Å². The fraction of sp³-hybridized carbons (Fsp3) is 0.286. The van der Waals surface area contributed by atoms with Gasteiger partial charge in [-0.1, -0.05) is 17.4 Å². The maximum absolute atomic E-state index is 11.5. The molecule has 0 aliphatic rings. The summed E-state index contributed by atoms with van der Waals surface area (Å²) in [7, 11) is 3.57. The molecule has 100 valence electrons. The number of anilines is 2.